The van der Waals surface area contributed by atoms with E-state index >= 15 is 0 Å². The third-order valence-electron chi connectivity index (χ3n) is 3.44. The first-order valence-corrected chi connectivity index (χ1v) is 6.73. The molecule has 0 saturated heterocycles. The smallest absolute Gasteiger partial charge is 0.123 e. The molecule has 2 nitrogen and oxygen atoms in total. The van der Waals surface area contributed by atoms with Crippen LogP contribution in [-0.2, 0) is 6.42 Å². The quantitative estimate of drug-likeness (QED) is 0.603. The Balaban J connectivity index is 1.96. The van der Waals surface area contributed by atoms with Crippen LogP contribution in [0.3, 0.4) is 0 Å². The summed E-state index contributed by atoms with van der Waals surface area (Å²) in [5.74, 6) is 0.966. The highest BCUT2D eigenvalue weighted by molar-refractivity contribution is 5.89. The molecule has 0 bridgehead atoms. The number of fused-ring (bicyclic) bond motifs is 1. The van der Waals surface area contributed by atoms with Crippen LogP contribution in [0, 0.1) is 11.3 Å². The van der Waals surface area contributed by atoms with Gasteiger partial charge in [0.05, 0.1) is 11.6 Å². The minimum absolute atomic E-state index is 0.244. The predicted molar refractivity (Wildman–Crippen MR) is 80.2 cm³/mol. The molecule has 0 saturated carbocycles. The van der Waals surface area contributed by atoms with Crippen LogP contribution in [0.25, 0.3) is 11.6 Å². The van der Waals surface area contributed by atoms with E-state index in [9.17, 15) is 5.26 Å². The molecular formula is C18H15NO. The molecule has 1 heterocycles. The number of rotatable bonds is 2. The molecule has 2 heteroatoms. The zero-order chi connectivity index (χ0) is 13.9. The normalized spacial score (nSPS) is 17.2. The third-order valence-corrected chi connectivity index (χ3v) is 3.44. The van der Waals surface area contributed by atoms with Gasteiger partial charge in [0.15, 0.2) is 0 Å². The second-order valence-electron chi connectivity index (χ2n) is 5.04. The summed E-state index contributed by atoms with van der Waals surface area (Å²) in [5.41, 5.74) is 3.89. The molecule has 20 heavy (non-hydrogen) atoms. The summed E-state index contributed by atoms with van der Waals surface area (Å²) < 4.78 is 5.69. The monoisotopic (exact) mass is 261 g/mol. The Morgan fingerprint density at radius 1 is 1.25 bits per heavy atom. The van der Waals surface area contributed by atoms with Crippen molar-refractivity contribution in [1.29, 1.82) is 5.26 Å². The van der Waals surface area contributed by atoms with E-state index in [-0.39, 0.29) is 6.10 Å². The molecule has 0 unspecified atom stereocenters. The van der Waals surface area contributed by atoms with Crippen molar-refractivity contribution >= 4 is 11.6 Å². The molecule has 0 N–H and O–H groups in total. The highest BCUT2D eigenvalue weighted by Gasteiger charge is 2.18. The Bertz CT molecular complexity index is 695. The zero-order valence-corrected chi connectivity index (χ0v) is 11.3. The van der Waals surface area contributed by atoms with Gasteiger partial charge in [0.1, 0.15) is 11.9 Å². The summed E-state index contributed by atoms with van der Waals surface area (Å²) in [5, 5.41) is 9.33. The number of nitriles is 1. The largest absolute Gasteiger partial charge is 0.490 e. The Hall–Kier alpha value is -2.53. The van der Waals surface area contributed by atoms with Gasteiger partial charge in [0.25, 0.3) is 0 Å². The SMILES string of the molecule is C[C@@H]1Cc2cc(/C=C(\C#N)c3ccccc3)ccc2O1. The van der Waals surface area contributed by atoms with Crippen molar-refractivity contribution in [1.82, 2.24) is 0 Å². The molecule has 0 aliphatic carbocycles. The van der Waals surface area contributed by atoms with E-state index in [1.54, 1.807) is 0 Å². The molecule has 98 valence electrons. The average Bonchev–Trinajstić information content (AvgIpc) is 2.85. The molecule has 2 aromatic rings. The van der Waals surface area contributed by atoms with Crippen LogP contribution < -0.4 is 4.74 Å². The van der Waals surface area contributed by atoms with E-state index in [0.29, 0.717) is 5.57 Å². The molecule has 0 fully saturated rings. The average molecular weight is 261 g/mol. The number of benzene rings is 2. The summed E-state index contributed by atoms with van der Waals surface area (Å²) in [6.45, 7) is 2.07. The zero-order valence-electron chi connectivity index (χ0n) is 11.3. The lowest BCUT2D eigenvalue weighted by atomic mass is 10.0. The summed E-state index contributed by atoms with van der Waals surface area (Å²) in [6.07, 6.45) is 3.11. The van der Waals surface area contributed by atoms with Gasteiger partial charge in [-0.15, -0.1) is 0 Å². The van der Waals surface area contributed by atoms with E-state index in [2.05, 4.69) is 19.1 Å². The highest BCUT2D eigenvalue weighted by atomic mass is 16.5. The number of allylic oxidation sites excluding steroid dienone is 1. The summed E-state index contributed by atoms with van der Waals surface area (Å²) in [7, 11) is 0. The van der Waals surface area contributed by atoms with Crippen LogP contribution in [-0.4, -0.2) is 6.10 Å². The molecule has 1 aliphatic heterocycles. The van der Waals surface area contributed by atoms with Crippen molar-refractivity contribution in [2.75, 3.05) is 0 Å². The Kier molecular flexibility index (Phi) is 3.26. The predicted octanol–water partition coefficient (Wildman–Crippen LogP) is 4.07. The van der Waals surface area contributed by atoms with Gasteiger partial charge >= 0.3 is 0 Å². The van der Waals surface area contributed by atoms with Crippen molar-refractivity contribution in [3.63, 3.8) is 0 Å². The maximum absolute atomic E-state index is 9.33. The number of ether oxygens (including phenoxy) is 1. The van der Waals surface area contributed by atoms with Crippen LogP contribution in [0.2, 0.25) is 0 Å². The first-order chi connectivity index (χ1) is 9.76. The van der Waals surface area contributed by atoms with Crippen molar-refractivity contribution in [2.24, 2.45) is 0 Å². The topological polar surface area (TPSA) is 33.0 Å². The van der Waals surface area contributed by atoms with Gasteiger partial charge < -0.3 is 4.74 Å². The molecular weight excluding hydrogens is 246 g/mol. The fourth-order valence-electron chi connectivity index (χ4n) is 2.50. The maximum Gasteiger partial charge on any atom is 0.123 e. The number of hydrogen-bond acceptors (Lipinski definition) is 2. The molecule has 2 aromatic carbocycles. The lowest BCUT2D eigenvalue weighted by Gasteiger charge is -2.03. The Morgan fingerprint density at radius 2 is 2.05 bits per heavy atom. The first-order valence-electron chi connectivity index (χ1n) is 6.73. The number of hydrogen-bond donors (Lipinski definition) is 0. The van der Waals surface area contributed by atoms with Gasteiger partial charge in [0.2, 0.25) is 0 Å². The van der Waals surface area contributed by atoms with Crippen LogP contribution >= 0.6 is 0 Å². The molecule has 1 aliphatic rings. The first kappa shape index (κ1) is 12.5. The van der Waals surface area contributed by atoms with Crippen LogP contribution in [0.5, 0.6) is 5.75 Å². The summed E-state index contributed by atoms with van der Waals surface area (Å²) in [6, 6.07) is 18.1. The highest BCUT2D eigenvalue weighted by Crippen LogP contribution is 2.30. The maximum atomic E-state index is 9.33. The molecule has 0 amide bonds. The minimum Gasteiger partial charge on any atom is -0.490 e. The van der Waals surface area contributed by atoms with Gasteiger partial charge in [0, 0.05) is 6.42 Å². The van der Waals surface area contributed by atoms with Gasteiger partial charge in [-0.05, 0) is 41.8 Å². The third kappa shape index (κ3) is 2.44. The van der Waals surface area contributed by atoms with Gasteiger partial charge in [-0.25, -0.2) is 0 Å². The van der Waals surface area contributed by atoms with Crippen molar-refractivity contribution in [3.8, 4) is 11.8 Å². The van der Waals surface area contributed by atoms with E-state index in [1.165, 1.54) is 5.56 Å². The fraction of sp³-hybridized carbons (Fsp3) is 0.167. The van der Waals surface area contributed by atoms with Gasteiger partial charge in [-0.1, -0.05) is 36.4 Å². The van der Waals surface area contributed by atoms with E-state index in [1.807, 2.05) is 48.5 Å². The van der Waals surface area contributed by atoms with E-state index in [0.717, 1.165) is 23.3 Å². The second kappa shape index (κ2) is 5.22. The standard InChI is InChI=1S/C18H15NO/c1-13-9-16-10-14(7-8-18(16)20-13)11-17(12-19)15-5-3-2-4-6-15/h2-8,10-11,13H,9H2,1H3/b17-11+/t13-/m1/s1. The van der Waals surface area contributed by atoms with Crippen molar-refractivity contribution in [2.45, 2.75) is 19.4 Å². The van der Waals surface area contributed by atoms with Gasteiger partial charge in [-0.2, -0.15) is 5.26 Å². The Labute approximate surface area is 118 Å². The molecule has 3 rings (SSSR count). The van der Waals surface area contributed by atoms with Crippen molar-refractivity contribution in [3.05, 3.63) is 65.2 Å². The van der Waals surface area contributed by atoms with E-state index in [4.69, 9.17) is 4.74 Å². The fourth-order valence-corrected chi connectivity index (χ4v) is 2.50. The molecule has 1 atom stereocenters. The van der Waals surface area contributed by atoms with Crippen molar-refractivity contribution < 1.29 is 4.74 Å². The summed E-state index contributed by atoms with van der Waals surface area (Å²) >= 11 is 0. The molecule has 0 aromatic heterocycles. The van der Waals surface area contributed by atoms with Crippen LogP contribution in [0.4, 0.5) is 0 Å². The Morgan fingerprint density at radius 3 is 2.80 bits per heavy atom. The molecule has 0 spiro atoms. The second-order valence-corrected chi connectivity index (χ2v) is 5.04. The lowest BCUT2D eigenvalue weighted by molar-refractivity contribution is 0.254. The lowest BCUT2D eigenvalue weighted by Crippen LogP contribution is -2.05. The van der Waals surface area contributed by atoms with Gasteiger partial charge in [-0.3, -0.25) is 0 Å². The van der Waals surface area contributed by atoms with Crippen LogP contribution in [0.1, 0.15) is 23.6 Å². The minimum atomic E-state index is 0.244. The summed E-state index contributed by atoms with van der Waals surface area (Å²) in [4.78, 5) is 0. The molecule has 0 radical (unpaired) electrons. The van der Waals surface area contributed by atoms with Crippen LogP contribution in [0.15, 0.2) is 48.5 Å². The van der Waals surface area contributed by atoms with E-state index < -0.39 is 0 Å². The number of nitrogens with zero attached hydrogens (tertiary/aromatic N) is 1.